The number of anilines is 1. The van der Waals surface area contributed by atoms with Crippen LogP contribution in [0.3, 0.4) is 0 Å². The Bertz CT molecular complexity index is 2390. The molecule has 0 fully saturated rings. The smallest absolute Gasteiger partial charge is 0.228 e. The molecule has 0 aliphatic heterocycles. The van der Waals surface area contributed by atoms with Gasteiger partial charge in [0.1, 0.15) is 11.5 Å². The van der Waals surface area contributed by atoms with Crippen LogP contribution in [0.4, 0.5) is 10.1 Å². The molecule has 4 aromatic heterocycles. The summed E-state index contributed by atoms with van der Waals surface area (Å²) in [6.07, 6.45) is 6.32. The summed E-state index contributed by atoms with van der Waals surface area (Å²) in [6.45, 7) is -0.0436. The molecular weight excluding hydrogens is 617 g/mol. The third kappa shape index (κ3) is 6.64. The van der Waals surface area contributed by atoms with Gasteiger partial charge in [-0.1, -0.05) is 36.4 Å². The molecule has 234 valence electrons. The first kappa shape index (κ1) is 30.0. The van der Waals surface area contributed by atoms with Gasteiger partial charge in [-0.2, -0.15) is 5.10 Å². The highest BCUT2D eigenvalue weighted by molar-refractivity contribution is 7.88. The number of nitrogens with one attached hydrogen (secondary N) is 4. The van der Waals surface area contributed by atoms with Crippen LogP contribution in [0, 0.1) is 5.82 Å². The number of hydrogen-bond acceptors (Lipinski definition) is 6. The van der Waals surface area contributed by atoms with Crippen LogP contribution in [0.5, 0.6) is 0 Å². The Morgan fingerprint density at radius 1 is 0.830 bits per heavy atom. The third-order valence-corrected chi connectivity index (χ3v) is 8.37. The second kappa shape index (κ2) is 12.2. The molecule has 12 heteroatoms. The van der Waals surface area contributed by atoms with Gasteiger partial charge in [-0.05, 0) is 65.2 Å². The first-order chi connectivity index (χ1) is 22.7. The molecule has 0 saturated heterocycles. The van der Waals surface area contributed by atoms with Crippen molar-refractivity contribution in [3.05, 3.63) is 120 Å². The maximum Gasteiger partial charge on any atom is 0.228 e. The summed E-state index contributed by atoms with van der Waals surface area (Å²) in [5, 5.41) is 12.2. The van der Waals surface area contributed by atoms with Gasteiger partial charge in [-0.25, -0.2) is 17.5 Å². The number of benzene rings is 3. The zero-order valence-electron chi connectivity index (χ0n) is 25.1. The Morgan fingerprint density at radius 2 is 1.66 bits per heavy atom. The maximum absolute atomic E-state index is 14.6. The number of halogens is 1. The molecule has 0 unspecified atom stereocenters. The SMILES string of the molecule is CS(=O)(=O)NCc1cc(F)cc(-c2nccc3[nH]c(-c4n[nH]c5ccc(-c6cncc(NC(=O)Cc7ccccc7)c6)cc45)cc23)c1. The summed E-state index contributed by atoms with van der Waals surface area (Å²) in [7, 11) is -3.45. The quantitative estimate of drug-likeness (QED) is 0.147. The van der Waals surface area contributed by atoms with E-state index in [-0.39, 0.29) is 18.9 Å². The number of H-pyrrole nitrogens is 2. The zero-order valence-corrected chi connectivity index (χ0v) is 25.9. The molecule has 0 spiro atoms. The van der Waals surface area contributed by atoms with E-state index < -0.39 is 15.8 Å². The Balaban J connectivity index is 1.20. The molecule has 0 aliphatic carbocycles. The lowest BCUT2D eigenvalue weighted by molar-refractivity contribution is -0.115. The molecule has 0 bridgehead atoms. The Morgan fingerprint density at radius 3 is 2.49 bits per heavy atom. The fourth-order valence-electron chi connectivity index (χ4n) is 5.57. The molecule has 0 atom stereocenters. The second-order valence-electron chi connectivity index (χ2n) is 11.3. The topological polar surface area (TPSA) is 146 Å². The molecule has 0 aliphatic rings. The van der Waals surface area contributed by atoms with Gasteiger partial charge in [-0.15, -0.1) is 0 Å². The number of carbonyl (C=O) groups is 1. The minimum absolute atomic E-state index is 0.0436. The Hall–Kier alpha value is -5.72. The number of rotatable bonds is 9. The normalized spacial score (nSPS) is 11.7. The minimum atomic E-state index is -3.45. The van der Waals surface area contributed by atoms with Crippen molar-refractivity contribution in [3.8, 4) is 33.8 Å². The highest BCUT2D eigenvalue weighted by atomic mass is 32.2. The fourth-order valence-corrected chi connectivity index (χ4v) is 6.00. The summed E-state index contributed by atoms with van der Waals surface area (Å²) in [5.74, 6) is -0.627. The van der Waals surface area contributed by atoms with E-state index in [1.165, 1.54) is 12.1 Å². The van der Waals surface area contributed by atoms with E-state index in [2.05, 4.69) is 35.2 Å². The molecule has 10 nitrogen and oxygen atoms in total. The highest BCUT2D eigenvalue weighted by Gasteiger charge is 2.16. The van der Waals surface area contributed by atoms with Crippen molar-refractivity contribution in [1.82, 2.24) is 29.9 Å². The van der Waals surface area contributed by atoms with E-state index in [0.29, 0.717) is 28.2 Å². The van der Waals surface area contributed by atoms with Crippen LogP contribution in [-0.4, -0.2) is 45.7 Å². The van der Waals surface area contributed by atoms with Crippen LogP contribution in [-0.2, 0) is 27.8 Å². The Kier molecular flexibility index (Phi) is 7.80. The number of aromatic amines is 2. The molecule has 4 heterocycles. The third-order valence-electron chi connectivity index (χ3n) is 7.70. The van der Waals surface area contributed by atoms with E-state index >= 15 is 0 Å². The molecule has 47 heavy (non-hydrogen) atoms. The zero-order chi connectivity index (χ0) is 32.5. The molecule has 1 amide bonds. The number of sulfonamides is 1. The standard InChI is InChI=1S/C35H28FN7O3S/c1-47(45,46)39-18-22-11-24(14-26(36)12-22)34-29-17-32(41-30(29)9-10-38-34)35-28-16-23(7-8-31(28)42-43-35)25-15-27(20-37-19-25)40-33(44)13-21-5-3-2-4-6-21/h2-12,14-17,19-20,39,41H,13,18H2,1H3,(H,40,44)(H,42,43). The van der Waals surface area contributed by atoms with Gasteiger partial charge >= 0.3 is 0 Å². The second-order valence-corrected chi connectivity index (χ2v) is 13.1. The number of hydrogen-bond donors (Lipinski definition) is 4. The van der Waals surface area contributed by atoms with Crippen molar-refractivity contribution in [2.24, 2.45) is 0 Å². The van der Waals surface area contributed by atoms with Crippen molar-refractivity contribution in [3.63, 3.8) is 0 Å². The van der Waals surface area contributed by atoms with Crippen molar-refractivity contribution in [2.45, 2.75) is 13.0 Å². The maximum atomic E-state index is 14.6. The number of fused-ring (bicyclic) bond motifs is 2. The van der Waals surface area contributed by atoms with Crippen molar-refractivity contribution >= 4 is 43.4 Å². The van der Waals surface area contributed by atoms with E-state index in [4.69, 9.17) is 0 Å². The first-order valence-electron chi connectivity index (χ1n) is 14.7. The highest BCUT2D eigenvalue weighted by Crippen LogP contribution is 2.35. The molecule has 7 aromatic rings. The fraction of sp³-hybridized carbons (Fsp3) is 0.0857. The van der Waals surface area contributed by atoms with Crippen LogP contribution in [0.1, 0.15) is 11.1 Å². The number of amides is 1. The van der Waals surface area contributed by atoms with Crippen molar-refractivity contribution < 1.29 is 17.6 Å². The van der Waals surface area contributed by atoms with Crippen molar-refractivity contribution in [1.29, 1.82) is 0 Å². The number of pyridine rings is 2. The number of carbonyl (C=O) groups excluding carboxylic acids is 1. The van der Waals surface area contributed by atoms with Crippen LogP contribution in [0.15, 0.2) is 104 Å². The molecule has 4 N–H and O–H groups in total. The first-order valence-corrected chi connectivity index (χ1v) is 16.6. The van der Waals surface area contributed by atoms with E-state index in [0.717, 1.165) is 50.4 Å². The van der Waals surface area contributed by atoms with Gasteiger partial charge in [0.2, 0.25) is 15.9 Å². The van der Waals surface area contributed by atoms with Gasteiger partial charge in [0, 0.05) is 46.4 Å². The molecule has 3 aromatic carbocycles. The Labute approximate surface area is 269 Å². The average molecular weight is 646 g/mol. The lowest BCUT2D eigenvalue weighted by atomic mass is 10.0. The van der Waals surface area contributed by atoms with Crippen LogP contribution in [0.25, 0.3) is 55.6 Å². The number of nitrogens with zero attached hydrogens (tertiary/aromatic N) is 3. The van der Waals surface area contributed by atoms with Gasteiger partial charge in [0.15, 0.2) is 0 Å². The molecule has 7 rings (SSSR count). The van der Waals surface area contributed by atoms with E-state index in [1.54, 1.807) is 24.7 Å². The van der Waals surface area contributed by atoms with Gasteiger partial charge in [-0.3, -0.25) is 19.9 Å². The van der Waals surface area contributed by atoms with E-state index in [9.17, 15) is 17.6 Å². The minimum Gasteiger partial charge on any atom is -0.353 e. The largest absolute Gasteiger partial charge is 0.353 e. The predicted molar refractivity (Wildman–Crippen MR) is 180 cm³/mol. The van der Waals surface area contributed by atoms with Crippen molar-refractivity contribution in [2.75, 3.05) is 11.6 Å². The van der Waals surface area contributed by atoms with Crippen LogP contribution >= 0.6 is 0 Å². The van der Waals surface area contributed by atoms with E-state index in [1.807, 2.05) is 66.7 Å². The lowest BCUT2D eigenvalue weighted by Crippen LogP contribution is -2.21. The summed E-state index contributed by atoms with van der Waals surface area (Å²) in [4.78, 5) is 25.0. The predicted octanol–water partition coefficient (Wildman–Crippen LogP) is 6.20. The molecule has 0 radical (unpaired) electrons. The van der Waals surface area contributed by atoms with Crippen LogP contribution < -0.4 is 10.0 Å². The van der Waals surface area contributed by atoms with Gasteiger partial charge < -0.3 is 10.3 Å². The average Bonchev–Trinajstić information content (AvgIpc) is 3.68. The number of aromatic nitrogens is 5. The van der Waals surface area contributed by atoms with Crippen LogP contribution in [0.2, 0.25) is 0 Å². The summed E-state index contributed by atoms with van der Waals surface area (Å²) in [5.41, 5.74) is 7.79. The van der Waals surface area contributed by atoms with Gasteiger partial charge in [0.05, 0.1) is 41.5 Å². The lowest BCUT2D eigenvalue weighted by Gasteiger charge is -2.08. The summed E-state index contributed by atoms with van der Waals surface area (Å²) >= 11 is 0. The molecular formula is C35H28FN7O3S. The summed E-state index contributed by atoms with van der Waals surface area (Å²) in [6, 6.07) is 25.5. The molecule has 0 saturated carbocycles. The monoisotopic (exact) mass is 645 g/mol. The van der Waals surface area contributed by atoms with Gasteiger partial charge in [0.25, 0.3) is 0 Å². The summed E-state index contributed by atoms with van der Waals surface area (Å²) < 4.78 is 40.2.